The average Bonchev–Trinajstić information content (AvgIpc) is 2.42. The Morgan fingerprint density at radius 1 is 1.26 bits per heavy atom. The van der Waals surface area contributed by atoms with Crippen molar-refractivity contribution in [3.8, 4) is 11.5 Å². The Bertz CT molecular complexity index is 406. The Morgan fingerprint density at radius 2 is 2.00 bits per heavy atom. The maximum absolute atomic E-state index is 11.8. The van der Waals surface area contributed by atoms with Crippen LogP contribution in [0.4, 0.5) is 0 Å². The molecule has 0 heterocycles. The summed E-state index contributed by atoms with van der Waals surface area (Å²) >= 11 is 0. The van der Waals surface area contributed by atoms with Crippen LogP contribution in [0.15, 0.2) is 18.2 Å². The summed E-state index contributed by atoms with van der Waals surface area (Å²) in [5.41, 5.74) is 0.246. The maximum Gasteiger partial charge on any atom is 0.255 e. The number of amides is 1. The van der Waals surface area contributed by atoms with Gasteiger partial charge in [-0.2, -0.15) is 0 Å². The van der Waals surface area contributed by atoms with Gasteiger partial charge in [0.25, 0.3) is 5.91 Å². The lowest BCUT2D eigenvalue weighted by atomic mass is 10.1. The highest BCUT2D eigenvalue weighted by atomic mass is 16.5. The van der Waals surface area contributed by atoms with Gasteiger partial charge in [0.2, 0.25) is 0 Å². The number of carbonyl (C=O) groups excluding carboxylic acids is 1. The lowest BCUT2D eigenvalue weighted by Gasteiger charge is -2.08. The number of aliphatic hydroxyl groups excluding tert-OH is 1. The Hall–Kier alpha value is -1.75. The molecule has 0 aromatic heterocycles. The summed E-state index contributed by atoms with van der Waals surface area (Å²) in [6.07, 6.45) is 3.59. The molecule has 0 fully saturated rings. The first kappa shape index (κ1) is 15.3. The maximum atomic E-state index is 11.8. The van der Waals surface area contributed by atoms with Crippen molar-refractivity contribution in [1.82, 2.24) is 5.32 Å². The quantitative estimate of drug-likeness (QED) is 0.626. The Morgan fingerprint density at radius 3 is 2.63 bits per heavy atom. The van der Waals surface area contributed by atoms with Crippen molar-refractivity contribution in [2.45, 2.75) is 25.7 Å². The van der Waals surface area contributed by atoms with Gasteiger partial charge in [-0.15, -0.1) is 0 Å². The zero-order chi connectivity index (χ0) is 14.1. The second-order valence-corrected chi connectivity index (χ2v) is 4.28. The fraction of sp³-hybridized carbons (Fsp3) is 0.500. The monoisotopic (exact) mass is 267 g/mol. The zero-order valence-electron chi connectivity index (χ0n) is 11.2. The first-order valence-electron chi connectivity index (χ1n) is 6.45. The van der Waals surface area contributed by atoms with Crippen LogP contribution in [0.3, 0.4) is 0 Å². The van der Waals surface area contributed by atoms with Gasteiger partial charge in [0.1, 0.15) is 11.5 Å². The third-order valence-corrected chi connectivity index (χ3v) is 2.82. The second kappa shape index (κ2) is 8.37. The molecule has 19 heavy (non-hydrogen) atoms. The van der Waals surface area contributed by atoms with E-state index in [2.05, 4.69) is 5.32 Å². The molecule has 0 unspecified atom stereocenters. The van der Waals surface area contributed by atoms with Crippen molar-refractivity contribution >= 4 is 5.91 Å². The van der Waals surface area contributed by atoms with Gasteiger partial charge in [-0.05, 0) is 25.0 Å². The van der Waals surface area contributed by atoms with Crippen LogP contribution in [0, 0.1) is 0 Å². The van der Waals surface area contributed by atoms with Crippen LogP contribution in [0.2, 0.25) is 0 Å². The molecule has 5 nitrogen and oxygen atoms in total. The highest BCUT2D eigenvalue weighted by Gasteiger charge is 2.11. The van der Waals surface area contributed by atoms with E-state index in [0.717, 1.165) is 25.7 Å². The van der Waals surface area contributed by atoms with Crippen molar-refractivity contribution in [3.05, 3.63) is 23.8 Å². The number of methoxy groups -OCH3 is 1. The number of phenols is 1. The summed E-state index contributed by atoms with van der Waals surface area (Å²) in [5, 5.41) is 21.1. The molecule has 0 radical (unpaired) electrons. The van der Waals surface area contributed by atoms with Crippen LogP contribution in [-0.4, -0.2) is 36.4 Å². The molecule has 1 aromatic rings. The molecule has 0 atom stereocenters. The van der Waals surface area contributed by atoms with E-state index in [1.807, 2.05) is 0 Å². The number of ether oxygens (including phenoxy) is 1. The lowest BCUT2D eigenvalue weighted by Crippen LogP contribution is -2.24. The SMILES string of the molecule is COc1ccc(C(=O)NCCCCCCO)c(O)c1. The molecule has 0 spiro atoms. The fourth-order valence-corrected chi connectivity index (χ4v) is 1.72. The van der Waals surface area contributed by atoms with Crippen molar-refractivity contribution < 1.29 is 19.7 Å². The fourth-order valence-electron chi connectivity index (χ4n) is 1.72. The van der Waals surface area contributed by atoms with E-state index in [4.69, 9.17) is 9.84 Å². The normalized spacial score (nSPS) is 10.2. The smallest absolute Gasteiger partial charge is 0.255 e. The average molecular weight is 267 g/mol. The van der Waals surface area contributed by atoms with E-state index in [9.17, 15) is 9.90 Å². The lowest BCUT2D eigenvalue weighted by molar-refractivity contribution is 0.0950. The first-order chi connectivity index (χ1) is 9.19. The number of hydrogen-bond donors (Lipinski definition) is 3. The van der Waals surface area contributed by atoms with E-state index in [0.29, 0.717) is 12.3 Å². The van der Waals surface area contributed by atoms with Crippen molar-refractivity contribution in [1.29, 1.82) is 0 Å². The highest BCUT2D eigenvalue weighted by Crippen LogP contribution is 2.23. The second-order valence-electron chi connectivity index (χ2n) is 4.28. The summed E-state index contributed by atoms with van der Waals surface area (Å²) in [4.78, 5) is 11.8. The molecule has 0 saturated heterocycles. The molecular weight excluding hydrogens is 246 g/mol. The number of aromatic hydroxyl groups is 1. The Balaban J connectivity index is 2.37. The van der Waals surface area contributed by atoms with Crippen LogP contribution in [0.25, 0.3) is 0 Å². The van der Waals surface area contributed by atoms with E-state index in [-0.39, 0.29) is 23.8 Å². The van der Waals surface area contributed by atoms with E-state index in [1.54, 1.807) is 6.07 Å². The number of carbonyl (C=O) groups is 1. The number of rotatable bonds is 8. The predicted molar refractivity (Wildman–Crippen MR) is 72.5 cm³/mol. The van der Waals surface area contributed by atoms with Gasteiger partial charge in [-0.3, -0.25) is 4.79 Å². The van der Waals surface area contributed by atoms with E-state index in [1.165, 1.54) is 19.2 Å². The van der Waals surface area contributed by atoms with Crippen LogP contribution in [0.5, 0.6) is 11.5 Å². The third-order valence-electron chi connectivity index (χ3n) is 2.82. The van der Waals surface area contributed by atoms with Crippen molar-refractivity contribution in [2.75, 3.05) is 20.3 Å². The third kappa shape index (κ3) is 5.18. The summed E-state index contributed by atoms with van der Waals surface area (Å²) in [7, 11) is 1.50. The van der Waals surface area contributed by atoms with Crippen molar-refractivity contribution in [3.63, 3.8) is 0 Å². The van der Waals surface area contributed by atoms with Crippen LogP contribution >= 0.6 is 0 Å². The minimum absolute atomic E-state index is 0.0860. The Kier molecular flexibility index (Phi) is 6.74. The van der Waals surface area contributed by atoms with Crippen LogP contribution in [-0.2, 0) is 0 Å². The number of phenolic OH excluding ortho intramolecular Hbond substituents is 1. The number of aliphatic hydroxyl groups is 1. The van der Waals surface area contributed by atoms with Crippen molar-refractivity contribution in [2.24, 2.45) is 0 Å². The minimum Gasteiger partial charge on any atom is -0.507 e. The summed E-state index contributed by atoms with van der Waals surface area (Å²) in [6.45, 7) is 0.780. The molecule has 3 N–H and O–H groups in total. The number of nitrogens with one attached hydrogen (secondary N) is 1. The molecule has 0 aliphatic heterocycles. The van der Waals surface area contributed by atoms with Gasteiger partial charge in [-0.1, -0.05) is 12.8 Å². The van der Waals surface area contributed by atoms with Gasteiger partial charge in [-0.25, -0.2) is 0 Å². The van der Waals surface area contributed by atoms with Gasteiger partial charge in [0.05, 0.1) is 12.7 Å². The molecular formula is C14H21NO4. The number of benzene rings is 1. The van der Waals surface area contributed by atoms with Gasteiger partial charge >= 0.3 is 0 Å². The zero-order valence-corrected chi connectivity index (χ0v) is 11.2. The minimum atomic E-state index is -0.290. The molecule has 1 rings (SSSR count). The molecule has 0 aliphatic carbocycles. The van der Waals surface area contributed by atoms with Crippen LogP contribution in [0.1, 0.15) is 36.0 Å². The molecule has 0 saturated carbocycles. The van der Waals surface area contributed by atoms with Gasteiger partial charge in [0, 0.05) is 19.2 Å². The van der Waals surface area contributed by atoms with E-state index < -0.39 is 0 Å². The number of unbranched alkanes of at least 4 members (excludes halogenated alkanes) is 3. The van der Waals surface area contributed by atoms with E-state index >= 15 is 0 Å². The van der Waals surface area contributed by atoms with Gasteiger partial charge < -0.3 is 20.3 Å². The molecule has 0 aliphatic rings. The predicted octanol–water partition coefficient (Wildman–Crippen LogP) is 1.68. The molecule has 1 amide bonds. The summed E-state index contributed by atoms with van der Waals surface area (Å²) < 4.78 is 4.95. The molecule has 5 heteroatoms. The summed E-state index contributed by atoms with van der Waals surface area (Å²) in [5.74, 6) is 0.137. The first-order valence-corrected chi connectivity index (χ1v) is 6.45. The number of hydrogen-bond acceptors (Lipinski definition) is 4. The standard InChI is InChI=1S/C14H21NO4/c1-19-11-6-7-12(13(17)10-11)14(18)15-8-4-2-3-5-9-16/h6-7,10,16-17H,2-5,8-9H2,1H3,(H,15,18). The highest BCUT2D eigenvalue weighted by molar-refractivity contribution is 5.96. The largest absolute Gasteiger partial charge is 0.507 e. The topological polar surface area (TPSA) is 78.8 Å². The molecule has 1 aromatic carbocycles. The molecule has 0 bridgehead atoms. The Labute approximate surface area is 113 Å². The van der Waals surface area contributed by atoms with Gasteiger partial charge in [0.15, 0.2) is 0 Å². The van der Waals surface area contributed by atoms with Crippen LogP contribution < -0.4 is 10.1 Å². The summed E-state index contributed by atoms with van der Waals surface area (Å²) in [6, 6.07) is 4.58. The molecule has 106 valence electrons.